The van der Waals surface area contributed by atoms with Crippen molar-refractivity contribution in [1.82, 2.24) is 4.98 Å². The van der Waals surface area contributed by atoms with E-state index in [4.69, 9.17) is 4.42 Å². The van der Waals surface area contributed by atoms with Crippen LogP contribution in [-0.2, 0) is 0 Å². The molecule has 0 spiro atoms. The SMILES string of the molecule is Cc1ccc(/C=N/Nc2nccs2)o1. The predicted molar refractivity (Wildman–Crippen MR) is 56.8 cm³/mol. The number of rotatable bonds is 3. The normalized spacial score (nSPS) is 10.9. The topological polar surface area (TPSA) is 50.4 Å². The Morgan fingerprint density at radius 3 is 3.14 bits per heavy atom. The van der Waals surface area contributed by atoms with E-state index in [9.17, 15) is 0 Å². The van der Waals surface area contributed by atoms with Crippen LogP contribution in [0.4, 0.5) is 5.13 Å². The summed E-state index contributed by atoms with van der Waals surface area (Å²) in [4.78, 5) is 4.02. The fourth-order valence-corrected chi connectivity index (χ4v) is 1.43. The number of nitrogens with zero attached hydrogens (tertiary/aromatic N) is 2. The number of hydrogen-bond donors (Lipinski definition) is 1. The van der Waals surface area contributed by atoms with Gasteiger partial charge in [-0.2, -0.15) is 5.10 Å². The maximum Gasteiger partial charge on any atom is 0.203 e. The second kappa shape index (κ2) is 4.06. The summed E-state index contributed by atoms with van der Waals surface area (Å²) in [7, 11) is 0. The molecule has 0 aliphatic carbocycles. The molecule has 2 rings (SSSR count). The number of aryl methyl sites for hydroxylation is 1. The zero-order valence-corrected chi connectivity index (χ0v) is 8.41. The van der Waals surface area contributed by atoms with Crippen molar-refractivity contribution in [2.24, 2.45) is 5.10 Å². The fraction of sp³-hybridized carbons (Fsp3) is 0.111. The molecule has 14 heavy (non-hydrogen) atoms. The summed E-state index contributed by atoms with van der Waals surface area (Å²) in [5.41, 5.74) is 2.80. The summed E-state index contributed by atoms with van der Waals surface area (Å²) in [5, 5.41) is 6.63. The van der Waals surface area contributed by atoms with Crippen LogP contribution in [0.15, 0.2) is 33.2 Å². The Morgan fingerprint density at radius 1 is 1.57 bits per heavy atom. The highest BCUT2D eigenvalue weighted by atomic mass is 32.1. The van der Waals surface area contributed by atoms with Crippen molar-refractivity contribution in [2.45, 2.75) is 6.92 Å². The van der Waals surface area contributed by atoms with Crippen LogP contribution in [0.5, 0.6) is 0 Å². The molecule has 2 aromatic rings. The Kier molecular flexibility index (Phi) is 2.60. The van der Waals surface area contributed by atoms with Crippen molar-refractivity contribution in [3.63, 3.8) is 0 Å². The third-order valence-corrected chi connectivity index (χ3v) is 2.22. The third kappa shape index (κ3) is 2.20. The Hall–Kier alpha value is -1.62. The number of hydrazone groups is 1. The Balaban J connectivity index is 1.95. The number of thiazole rings is 1. The molecule has 2 heterocycles. The van der Waals surface area contributed by atoms with Gasteiger partial charge in [0.05, 0.1) is 6.21 Å². The van der Waals surface area contributed by atoms with Gasteiger partial charge in [0.2, 0.25) is 5.13 Å². The minimum Gasteiger partial charge on any atom is -0.460 e. The predicted octanol–water partition coefficient (Wildman–Crippen LogP) is 2.49. The molecule has 0 atom stereocenters. The molecule has 0 aliphatic heterocycles. The summed E-state index contributed by atoms with van der Waals surface area (Å²) in [6.07, 6.45) is 3.34. The van der Waals surface area contributed by atoms with Crippen LogP contribution in [0.1, 0.15) is 11.5 Å². The highest BCUT2D eigenvalue weighted by Gasteiger charge is 1.93. The quantitative estimate of drug-likeness (QED) is 0.621. The zero-order valence-electron chi connectivity index (χ0n) is 7.60. The van der Waals surface area contributed by atoms with Crippen molar-refractivity contribution in [3.8, 4) is 0 Å². The van der Waals surface area contributed by atoms with Gasteiger partial charge in [-0.3, -0.25) is 5.43 Å². The second-order valence-electron chi connectivity index (χ2n) is 2.66. The van der Waals surface area contributed by atoms with Gasteiger partial charge in [0.25, 0.3) is 0 Å². The summed E-state index contributed by atoms with van der Waals surface area (Å²) in [6, 6.07) is 3.76. The first-order valence-corrected chi connectivity index (χ1v) is 4.97. The zero-order chi connectivity index (χ0) is 9.80. The van der Waals surface area contributed by atoms with Crippen molar-refractivity contribution in [3.05, 3.63) is 35.2 Å². The van der Waals surface area contributed by atoms with E-state index in [1.165, 1.54) is 11.3 Å². The first-order chi connectivity index (χ1) is 6.84. The van der Waals surface area contributed by atoms with E-state index in [2.05, 4.69) is 15.5 Å². The molecule has 0 radical (unpaired) electrons. The molecular weight excluding hydrogens is 198 g/mol. The van der Waals surface area contributed by atoms with E-state index in [0.717, 1.165) is 16.7 Å². The maximum absolute atomic E-state index is 5.30. The number of aromatic nitrogens is 1. The van der Waals surface area contributed by atoms with Gasteiger partial charge in [0.15, 0.2) is 0 Å². The molecule has 72 valence electrons. The van der Waals surface area contributed by atoms with E-state index in [-0.39, 0.29) is 0 Å². The Labute approximate surface area is 85.3 Å². The van der Waals surface area contributed by atoms with Crippen LogP contribution in [0.25, 0.3) is 0 Å². The standard InChI is InChI=1S/C9H9N3OS/c1-7-2-3-8(13-7)6-11-12-9-10-4-5-14-9/h2-6H,1H3,(H,10,12)/b11-6+. The molecular formula is C9H9N3OS. The minimum absolute atomic E-state index is 0.728. The number of hydrogen-bond acceptors (Lipinski definition) is 5. The average molecular weight is 207 g/mol. The van der Waals surface area contributed by atoms with Gasteiger partial charge >= 0.3 is 0 Å². The molecule has 1 N–H and O–H groups in total. The number of anilines is 1. The van der Waals surface area contributed by atoms with E-state index < -0.39 is 0 Å². The van der Waals surface area contributed by atoms with Crippen molar-refractivity contribution >= 4 is 22.7 Å². The van der Waals surface area contributed by atoms with Gasteiger partial charge in [-0.1, -0.05) is 0 Å². The van der Waals surface area contributed by atoms with Crippen LogP contribution in [0.2, 0.25) is 0 Å². The lowest BCUT2D eigenvalue weighted by Gasteiger charge is -1.90. The van der Waals surface area contributed by atoms with Crippen molar-refractivity contribution in [1.29, 1.82) is 0 Å². The molecule has 5 heteroatoms. The molecule has 0 saturated heterocycles. The molecule has 4 nitrogen and oxygen atoms in total. The molecule has 0 unspecified atom stereocenters. The van der Waals surface area contributed by atoms with Gasteiger partial charge in [0.1, 0.15) is 11.5 Å². The number of nitrogens with one attached hydrogen (secondary N) is 1. The maximum atomic E-state index is 5.30. The molecule has 0 aliphatic rings. The van der Waals surface area contributed by atoms with E-state index in [1.807, 2.05) is 24.4 Å². The lowest BCUT2D eigenvalue weighted by Crippen LogP contribution is -1.87. The summed E-state index contributed by atoms with van der Waals surface area (Å²) < 4.78 is 5.30. The first-order valence-electron chi connectivity index (χ1n) is 4.09. The first kappa shape index (κ1) is 8.96. The minimum atomic E-state index is 0.728. The Bertz CT molecular complexity index is 419. The Morgan fingerprint density at radius 2 is 2.50 bits per heavy atom. The smallest absolute Gasteiger partial charge is 0.203 e. The summed E-state index contributed by atoms with van der Waals surface area (Å²) >= 11 is 1.50. The van der Waals surface area contributed by atoms with Gasteiger partial charge in [-0.05, 0) is 19.1 Å². The van der Waals surface area contributed by atoms with Gasteiger partial charge < -0.3 is 4.42 Å². The second-order valence-corrected chi connectivity index (χ2v) is 3.55. The van der Waals surface area contributed by atoms with Crippen molar-refractivity contribution in [2.75, 3.05) is 5.43 Å². The fourth-order valence-electron chi connectivity index (χ4n) is 0.953. The molecule has 0 fully saturated rings. The van der Waals surface area contributed by atoms with Crippen LogP contribution >= 0.6 is 11.3 Å². The lowest BCUT2D eigenvalue weighted by molar-refractivity contribution is 0.528. The molecule has 0 aromatic carbocycles. The summed E-state index contributed by atoms with van der Waals surface area (Å²) in [6.45, 7) is 1.89. The van der Waals surface area contributed by atoms with E-state index in [1.54, 1.807) is 12.4 Å². The van der Waals surface area contributed by atoms with Crippen LogP contribution in [0, 0.1) is 6.92 Å². The monoisotopic (exact) mass is 207 g/mol. The van der Waals surface area contributed by atoms with Crippen LogP contribution in [-0.4, -0.2) is 11.2 Å². The van der Waals surface area contributed by atoms with Gasteiger partial charge in [-0.15, -0.1) is 11.3 Å². The third-order valence-electron chi connectivity index (χ3n) is 1.55. The average Bonchev–Trinajstić information content (AvgIpc) is 2.77. The number of furan rings is 1. The van der Waals surface area contributed by atoms with Crippen molar-refractivity contribution < 1.29 is 4.42 Å². The molecule has 0 bridgehead atoms. The van der Waals surface area contributed by atoms with Crippen LogP contribution in [0.3, 0.4) is 0 Å². The van der Waals surface area contributed by atoms with E-state index >= 15 is 0 Å². The molecule has 0 amide bonds. The van der Waals surface area contributed by atoms with Gasteiger partial charge in [0, 0.05) is 11.6 Å². The van der Waals surface area contributed by atoms with Crippen LogP contribution < -0.4 is 5.43 Å². The molecule has 0 saturated carbocycles. The molecule has 2 aromatic heterocycles. The summed E-state index contributed by atoms with van der Waals surface area (Å²) in [5.74, 6) is 1.60. The lowest BCUT2D eigenvalue weighted by atomic mass is 10.4. The van der Waals surface area contributed by atoms with E-state index in [0.29, 0.717) is 0 Å². The highest BCUT2D eigenvalue weighted by molar-refractivity contribution is 7.13. The van der Waals surface area contributed by atoms with Gasteiger partial charge in [-0.25, -0.2) is 4.98 Å². The highest BCUT2D eigenvalue weighted by Crippen LogP contribution is 2.10. The largest absolute Gasteiger partial charge is 0.460 e.